The van der Waals surface area contributed by atoms with E-state index >= 15 is 0 Å². The fourth-order valence-electron chi connectivity index (χ4n) is 1.60. The monoisotopic (exact) mass is 204 g/mol. The van der Waals surface area contributed by atoms with E-state index in [1.807, 2.05) is 12.3 Å². The van der Waals surface area contributed by atoms with Gasteiger partial charge in [-0.25, -0.2) is 0 Å². The largest absolute Gasteiger partial charge is 0.362 e. The van der Waals surface area contributed by atoms with Crippen molar-refractivity contribution in [1.82, 2.24) is 9.97 Å². The van der Waals surface area contributed by atoms with E-state index in [4.69, 9.17) is 0 Å². The van der Waals surface area contributed by atoms with Gasteiger partial charge in [-0.1, -0.05) is 19.6 Å². The lowest BCUT2D eigenvalue weighted by molar-refractivity contribution is 1.24. The molecule has 3 heteroatoms. The summed E-state index contributed by atoms with van der Waals surface area (Å²) < 4.78 is 0. The molecule has 0 saturated heterocycles. The molecule has 0 saturated carbocycles. The number of rotatable bonds is 1. The molecule has 0 unspecified atom stereocenters. The van der Waals surface area contributed by atoms with Crippen molar-refractivity contribution >= 4 is 24.3 Å². The Labute approximate surface area is 85.4 Å². The summed E-state index contributed by atoms with van der Waals surface area (Å²) in [5, 5.41) is 2.67. The Balaban J connectivity index is 2.69. The molecule has 0 atom stereocenters. The standard InChI is InChI=1S/C11H16N2Si/c1-8-9-7-11(14(2,3)4)13-10(9)5-6-12-8/h5-7,13H,1-4H3. The highest BCUT2D eigenvalue weighted by Crippen LogP contribution is 2.15. The van der Waals surface area contributed by atoms with E-state index in [9.17, 15) is 0 Å². The maximum atomic E-state index is 4.30. The van der Waals surface area contributed by atoms with Crippen molar-refractivity contribution in [3.05, 3.63) is 24.0 Å². The lowest BCUT2D eigenvalue weighted by Gasteiger charge is -2.12. The molecular weight excluding hydrogens is 188 g/mol. The third-order valence-electron chi connectivity index (χ3n) is 2.56. The van der Waals surface area contributed by atoms with Crippen molar-refractivity contribution < 1.29 is 0 Å². The Morgan fingerprint density at radius 1 is 1.29 bits per heavy atom. The van der Waals surface area contributed by atoms with Crippen LogP contribution < -0.4 is 5.32 Å². The van der Waals surface area contributed by atoms with Crippen LogP contribution in [0.5, 0.6) is 0 Å². The second-order valence-corrected chi connectivity index (χ2v) is 9.83. The van der Waals surface area contributed by atoms with E-state index < -0.39 is 8.07 Å². The summed E-state index contributed by atoms with van der Waals surface area (Å²) in [6.07, 6.45) is 1.86. The summed E-state index contributed by atoms with van der Waals surface area (Å²) in [7, 11) is -1.22. The number of hydrogen-bond donors (Lipinski definition) is 1. The molecule has 14 heavy (non-hydrogen) atoms. The Morgan fingerprint density at radius 2 is 2.00 bits per heavy atom. The van der Waals surface area contributed by atoms with Gasteiger partial charge in [0, 0.05) is 22.8 Å². The molecule has 2 aromatic heterocycles. The predicted octanol–water partition coefficient (Wildman–Crippen LogP) is 2.42. The fraction of sp³-hybridized carbons (Fsp3) is 0.364. The van der Waals surface area contributed by atoms with Gasteiger partial charge in [0.15, 0.2) is 0 Å². The van der Waals surface area contributed by atoms with Gasteiger partial charge >= 0.3 is 0 Å². The van der Waals surface area contributed by atoms with Gasteiger partial charge in [0.2, 0.25) is 0 Å². The summed E-state index contributed by atoms with van der Waals surface area (Å²) in [5.41, 5.74) is 2.33. The quantitative estimate of drug-likeness (QED) is 0.710. The van der Waals surface area contributed by atoms with Gasteiger partial charge in [-0.15, -0.1) is 0 Å². The summed E-state index contributed by atoms with van der Waals surface area (Å²) in [4.78, 5) is 7.80. The van der Waals surface area contributed by atoms with Crippen LogP contribution in [0.3, 0.4) is 0 Å². The van der Waals surface area contributed by atoms with Gasteiger partial charge in [0.05, 0.1) is 8.07 Å². The van der Waals surface area contributed by atoms with Crippen molar-refractivity contribution in [3.63, 3.8) is 0 Å². The Kier molecular flexibility index (Phi) is 1.99. The van der Waals surface area contributed by atoms with Gasteiger partial charge in [-0.05, 0) is 24.4 Å². The number of pyridine rings is 1. The molecule has 0 bridgehead atoms. The van der Waals surface area contributed by atoms with Gasteiger partial charge < -0.3 is 4.98 Å². The molecule has 2 nitrogen and oxygen atoms in total. The molecule has 1 N–H and O–H groups in total. The van der Waals surface area contributed by atoms with E-state index in [-0.39, 0.29) is 0 Å². The first-order chi connectivity index (χ1) is 6.48. The van der Waals surface area contributed by atoms with Gasteiger partial charge in [0.1, 0.15) is 0 Å². The van der Waals surface area contributed by atoms with Gasteiger partial charge in [0.25, 0.3) is 0 Å². The number of nitrogens with zero attached hydrogens (tertiary/aromatic N) is 1. The molecule has 0 aliphatic heterocycles. The fourth-order valence-corrected chi connectivity index (χ4v) is 2.69. The molecular formula is C11H16N2Si. The van der Waals surface area contributed by atoms with E-state index in [0.29, 0.717) is 0 Å². The number of aryl methyl sites for hydroxylation is 1. The van der Waals surface area contributed by atoms with Crippen LogP contribution >= 0.6 is 0 Å². The van der Waals surface area contributed by atoms with Crippen LogP contribution in [0.1, 0.15) is 5.69 Å². The van der Waals surface area contributed by atoms with Crippen LogP contribution in [-0.2, 0) is 0 Å². The molecule has 0 spiro atoms. The lowest BCUT2D eigenvalue weighted by Crippen LogP contribution is -2.38. The molecule has 74 valence electrons. The molecule has 0 radical (unpaired) electrons. The Bertz CT molecular complexity index is 466. The topological polar surface area (TPSA) is 28.7 Å². The van der Waals surface area contributed by atoms with Crippen LogP contribution in [0.15, 0.2) is 18.3 Å². The highest BCUT2D eigenvalue weighted by molar-refractivity contribution is 6.88. The van der Waals surface area contributed by atoms with Gasteiger partial charge in [-0.3, -0.25) is 4.98 Å². The normalized spacial score (nSPS) is 12.3. The van der Waals surface area contributed by atoms with Crippen LogP contribution in [0.2, 0.25) is 19.6 Å². The van der Waals surface area contributed by atoms with Crippen molar-refractivity contribution in [2.24, 2.45) is 0 Å². The van der Waals surface area contributed by atoms with E-state index in [1.54, 1.807) is 0 Å². The van der Waals surface area contributed by atoms with E-state index in [0.717, 1.165) is 5.69 Å². The lowest BCUT2D eigenvalue weighted by atomic mass is 10.2. The average molecular weight is 204 g/mol. The van der Waals surface area contributed by atoms with Crippen LogP contribution in [0, 0.1) is 6.92 Å². The molecule has 2 heterocycles. The number of nitrogens with one attached hydrogen (secondary N) is 1. The zero-order valence-electron chi connectivity index (χ0n) is 9.18. The van der Waals surface area contributed by atoms with Crippen molar-refractivity contribution in [2.45, 2.75) is 26.6 Å². The number of fused-ring (bicyclic) bond motifs is 1. The molecule has 2 aromatic rings. The summed E-state index contributed by atoms with van der Waals surface area (Å²) >= 11 is 0. The first kappa shape index (κ1) is 9.46. The van der Waals surface area contributed by atoms with Gasteiger partial charge in [-0.2, -0.15) is 0 Å². The molecule has 0 aromatic carbocycles. The SMILES string of the molecule is Cc1nccc2[nH]c([Si](C)(C)C)cc12. The minimum absolute atomic E-state index is 1.11. The minimum Gasteiger partial charge on any atom is -0.362 e. The maximum Gasteiger partial charge on any atom is 0.0982 e. The average Bonchev–Trinajstić information content (AvgIpc) is 2.48. The van der Waals surface area contributed by atoms with Crippen molar-refractivity contribution in [3.8, 4) is 0 Å². The second kappa shape index (κ2) is 2.95. The third-order valence-corrected chi connectivity index (χ3v) is 4.44. The van der Waals surface area contributed by atoms with Crippen LogP contribution in [0.25, 0.3) is 10.9 Å². The first-order valence-corrected chi connectivity index (χ1v) is 8.43. The summed E-state index contributed by atoms with van der Waals surface area (Å²) in [6.45, 7) is 9.10. The smallest absolute Gasteiger partial charge is 0.0982 e. The molecule has 0 fully saturated rings. The Morgan fingerprint density at radius 3 is 2.57 bits per heavy atom. The number of aromatic amines is 1. The highest BCUT2D eigenvalue weighted by atomic mass is 28.3. The third kappa shape index (κ3) is 1.48. The van der Waals surface area contributed by atoms with Crippen molar-refractivity contribution in [1.29, 1.82) is 0 Å². The summed E-state index contributed by atoms with van der Waals surface area (Å²) in [6, 6.07) is 4.32. The second-order valence-electron chi connectivity index (χ2n) is 4.79. The first-order valence-electron chi connectivity index (χ1n) is 4.93. The van der Waals surface area contributed by atoms with Crippen LogP contribution in [0.4, 0.5) is 0 Å². The van der Waals surface area contributed by atoms with Crippen molar-refractivity contribution in [2.75, 3.05) is 0 Å². The van der Waals surface area contributed by atoms with E-state index in [2.05, 4.69) is 42.6 Å². The molecule has 0 aliphatic rings. The molecule has 0 aliphatic carbocycles. The molecule has 0 amide bonds. The number of hydrogen-bond acceptors (Lipinski definition) is 1. The maximum absolute atomic E-state index is 4.30. The van der Waals surface area contributed by atoms with E-state index in [1.165, 1.54) is 16.2 Å². The van der Waals surface area contributed by atoms with Crippen LogP contribution in [-0.4, -0.2) is 18.0 Å². The minimum atomic E-state index is -1.22. The number of H-pyrrole nitrogens is 1. The zero-order valence-corrected chi connectivity index (χ0v) is 10.2. The summed E-state index contributed by atoms with van der Waals surface area (Å²) in [5.74, 6) is 0. The predicted molar refractivity (Wildman–Crippen MR) is 63.8 cm³/mol. The Hall–Kier alpha value is -1.09. The zero-order chi connectivity index (χ0) is 10.3. The molecule has 2 rings (SSSR count). The highest BCUT2D eigenvalue weighted by Gasteiger charge is 2.19. The number of aromatic nitrogens is 2.